The number of nitro groups is 1. The summed E-state index contributed by atoms with van der Waals surface area (Å²) in [5.74, 6) is -1.01. The molecule has 0 heterocycles. The van der Waals surface area contributed by atoms with Crippen molar-refractivity contribution in [2.75, 3.05) is 0 Å². The molecular weight excluding hydrogens is 232 g/mol. The van der Waals surface area contributed by atoms with Gasteiger partial charge in [0.15, 0.2) is 0 Å². The number of aliphatic carboxylic acids is 1. The van der Waals surface area contributed by atoms with Crippen molar-refractivity contribution >= 4 is 23.6 Å². The van der Waals surface area contributed by atoms with Crippen molar-refractivity contribution < 1.29 is 14.8 Å². The monoisotopic (exact) mass is 242 g/mol. The minimum Gasteiger partial charge on any atom is -0.480 e. The molecule has 2 N–H and O–H groups in total. The zero-order chi connectivity index (χ0) is 12.1. The molecule has 0 radical (unpaired) electrons. The number of carboxylic acids is 1. The summed E-state index contributed by atoms with van der Waals surface area (Å²) in [6, 6.07) is 5.37. The van der Waals surface area contributed by atoms with Crippen LogP contribution >= 0.6 is 11.9 Å². The van der Waals surface area contributed by atoms with Crippen LogP contribution in [0.4, 0.5) is 5.69 Å². The molecule has 1 rings (SSSR count). The second-order valence-corrected chi connectivity index (χ2v) is 3.88. The Hall–Kier alpha value is -1.60. The van der Waals surface area contributed by atoms with Crippen LogP contribution in [0.2, 0.25) is 0 Å². The molecule has 7 heteroatoms. The first kappa shape index (κ1) is 12.5. The Morgan fingerprint density at radius 1 is 1.56 bits per heavy atom. The van der Waals surface area contributed by atoms with Crippen molar-refractivity contribution in [1.29, 1.82) is 0 Å². The molecule has 0 aliphatic rings. The van der Waals surface area contributed by atoms with Gasteiger partial charge in [0.2, 0.25) is 0 Å². The van der Waals surface area contributed by atoms with Crippen molar-refractivity contribution in [3.05, 3.63) is 34.4 Å². The van der Waals surface area contributed by atoms with Gasteiger partial charge in [-0.15, -0.1) is 0 Å². The molecule has 0 saturated carbocycles. The third kappa shape index (κ3) is 3.21. The Kier molecular flexibility index (Phi) is 4.27. The molecule has 86 valence electrons. The molecule has 6 nitrogen and oxygen atoms in total. The standard InChI is InChI=1S/C9H10N2O4S/c1-6(9(12)13)10-16-8-5-3-2-4-7(8)11(14)15/h2-6,10H,1H3,(H,12,13). The van der Waals surface area contributed by atoms with E-state index in [0.717, 1.165) is 11.9 Å². The first-order valence-electron chi connectivity index (χ1n) is 4.41. The molecule has 1 aromatic carbocycles. The maximum absolute atomic E-state index is 10.6. The fraction of sp³-hybridized carbons (Fsp3) is 0.222. The number of hydrogen-bond acceptors (Lipinski definition) is 5. The lowest BCUT2D eigenvalue weighted by molar-refractivity contribution is -0.387. The van der Waals surface area contributed by atoms with Crippen molar-refractivity contribution in [2.45, 2.75) is 17.9 Å². The number of benzene rings is 1. The maximum atomic E-state index is 10.6. The number of hydrogen-bond donors (Lipinski definition) is 2. The van der Waals surface area contributed by atoms with Crippen LogP contribution in [0.15, 0.2) is 29.2 Å². The fourth-order valence-corrected chi connectivity index (χ4v) is 1.69. The van der Waals surface area contributed by atoms with Crippen LogP contribution in [0.5, 0.6) is 0 Å². The number of rotatable bonds is 5. The van der Waals surface area contributed by atoms with Gasteiger partial charge in [0, 0.05) is 6.07 Å². The summed E-state index contributed by atoms with van der Waals surface area (Å²) in [4.78, 5) is 21.1. The van der Waals surface area contributed by atoms with E-state index >= 15 is 0 Å². The van der Waals surface area contributed by atoms with Crippen molar-refractivity contribution in [2.24, 2.45) is 0 Å². The zero-order valence-electron chi connectivity index (χ0n) is 8.41. The average molecular weight is 242 g/mol. The lowest BCUT2D eigenvalue weighted by Crippen LogP contribution is -2.28. The van der Waals surface area contributed by atoms with Gasteiger partial charge in [-0.05, 0) is 24.9 Å². The summed E-state index contributed by atoms with van der Waals surface area (Å²) >= 11 is 0.939. The number of para-hydroxylation sites is 1. The lowest BCUT2D eigenvalue weighted by Gasteiger charge is -2.07. The lowest BCUT2D eigenvalue weighted by atomic mass is 10.3. The highest BCUT2D eigenvalue weighted by Gasteiger charge is 2.16. The van der Waals surface area contributed by atoms with E-state index in [1.807, 2.05) is 0 Å². The Morgan fingerprint density at radius 2 is 2.19 bits per heavy atom. The van der Waals surface area contributed by atoms with E-state index < -0.39 is 16.9 Å². The molecule has 0 fully saturated rings. The topological polar surface area (TPSA) is 92.5 Å². The molecule has 1 unspecified atom stereocenters. The third-order valence-electron chi connectivity index (χ3n) is 1.78. The molecule has 0 aliphatic heterocycles. The van der Waals surface area contributed by atoms with E-state index in [1.54, 1.807) is 18.2 Å². The van der Waals surface area contributed by atoms with Gasteiger partial charge in [-0.2, -0.15) is 0 Å². The Balaban J connectivity index is 2.74. The van der Waals surface area contributed by atoms with Crippen molar-refractivity contribution in [3.8, 4) is 0 Å². The van der Waals surface area contributed by atoms with E-state index in [0.29, 0.717) is 4.90 Å². The zero-order valence-corrected chi connectivity index (χ0v) is 9.23. The molecule has 1 atom stereocenters. The van der Waals surface area contributed by atoms with Crippen LogP contribution in [0.3, 0.4) is 0 Å². The van der Waals surface area contributed by atoms with E-state index in [9.17, 15) is 14.9 Å². The summed E-state index contributed by atoms with van der Waals surface area (Å²) in [6.45, 7) is 1.46. The van der Waals surface area contributed by atoms with Crippen LogP contribution < -0.4 is 4.72 Å². The number of carbonyl (C=O) groups is 1. The van der Waals surface area contributed by atoms with Crippen LogP contribution in [0.25, 0.3) is 0 Å². The van der Waals surface area contributed by atoms with Gasteiger partial charge in [0.05, 0.1) is 4.92 Å². The van der Waals surface area contributed by atoms with Gasteiger partial charge < -0.3 is 5.11 Å². The van der Waals surface area contributed by atoms with Crippen LogP contribution in [-0.4, -0.2) is 22.0 Å². The highest BCUT2D eigenvalue weighted by atomic mass is 32.2. The van der Waals surface area contributed by atoms with Gasteiger partial charge >= 0.3 is 5.97 Å². The van der Waals surface area contributed by atoms with Crippen LogP contribution in [0, 0.1) is 10.1 Å². The minimum absolute atomic E-state index is 0.0439. The van der Waals surface area contributed by atoms with E-state index in [4.69, 9.17) is 5.11 Å². The largest absolute Gasteiger partial charge is 0.480 e. The summed E-state index contributed by atoms with van der Waals surface area (Å²) in [6.07, 6.45) is 0. The van der Waals surface area contributed by atoms with Gasteiger partial charge in [-0.3, -0.25) is 14.9 Å². The SMILES string of the molecule is CC(NSc1ccccc1[N+](=O)[O-])C(=O)O. The van der Waals surface area contributed by atoms with Crippen molar-refractivity contribution in [3.63, 3.8) is 0 Å². The smallest absolute Gasteiger partial charge is 0.321 e. The van der Waals surface area contributed by atoms with Gasteiger partial charge in [-0.1, -0.05) is 12.1 Å². The molecule has 0 spiro atoms. The first-order valence-corrected chi connectivity index (χ1v) is 5.22. The molecular formula is C9H10N2O4S. The summed E-state index contributed by atoms with van der Waals surface area (Å²) < 4.78 is 2.61. The molecule has 0 amide bonds. The molecule has 1 aromatic rings. The van der Waals surface area contributed by atoms with Crippen LogP contribution in [-0.2, 0) is 4.79 Å². The second-order valence-electron chi connectivity index (χ2n) is 3.00. The third-order valence-corrected chi connectivity index (χ3v) is 2.81. The van der Waals surface area contributed by atoms with Crippen molar-refractivity contribution in [1.82, 2.24) is 4.72 Å². The van der Waals surface area contributed by atoms with E-state index in [1.165, 1.54) is 13.0 Å². The molecule has 0 bridgehead atoms. The fourth-order valence-electron chi connectivity index (χ4n) is 0.897. The minimum atomic E-state index is -1.01. The molecule has 16 heavy (non-hydrogen) atoms. The summed E-state index contributed by atoms with van der Waals surface area (Å²) in [5.41, 5.74) is -0.0439. The average Bonchev–Trinajstić information content (AvgIpc) is 2.25. The van der Waals surface area contributed by atoms with E-state index in [-0.39, 0.29) is 5.69 Å². The molecule has 0 saturated heterocycles. The number of nitrogens with one attached hydrogen (secondary N) is 1. The summed E-state index contributed by atoms with van der Waals surface area (Å²) in [7, 11) is 0. The predicted molar refractivity (Wildman–Crippen MR) is 59.2 cm³/mol. The van der Waals surface area contributed by atoms with Crippen LogP contribution in [0.1, 0.15) is 6.92 Å². The molecule has 0 aromatic heterocycles. The molecule has 0 aliphatic carbocycles. The predicted octanol–water partition coefficient (Wildman–Crippen LogP) is 1.66. The highest BCUT2D eigenvalue weighted by molar-refractivity contribution is 7.97. The second kappa shape index (κ2) is 5.47. The van der Waals surface area contributed by atoms with Gasteiger partial charge in [-0.25, -0.2) is 4.72 Å². The quantitative estimate of drug-likeness (QED) is 0.463. The van der Waals surface area contributed by atoms with E-state index in [2.05, 4.69) is 4.72 Å². The maximum Gasteiger partial charge on any atom is 0.321 e. The normalized spacial score (nSPS) is 12.1. The van der Waals surface area contributed by atoms with Gasteiger partial charge in [0.1, 0.15) is 10.9 Å². The highest BCUT2D eigenvalue weighted by Crippen LogP contribution is 2.26. The first-order chi connectivity index (χ1) is 7.52. The Morgan fingerprint density at radius 3 is 2.75 bits per heavy atom. The Bertz CT molecular complexity index is 410. The number of nitro benzene ring substituents is 1. The number of carboxylic acid groups (broad SMARTS) is 1. The summed E-state index contributed by atoms with van der Waals surface area (Å²) in [5, 5.41) is 19.3. The van der Waals surface area contributed by atoms with Gasteiger partial charge in [0.25, 0.3) is 5.69 Å². The Labute approximate surface area is 95.9 Å². The number of nitrogens with zero attached hydrogens (tertiary/aromatic N) is 1.